The number of carbonyl (C=O) groups excluding carboxylic acids is 2. The van der Waals surface area contributed by atoms with E-state index in [1.54, 1.807) is 11.3 Å². The first-order chi connectivity index (χ1) is 10.6. The summed E-state index contributed by atoms with van der Waals surface area (Å²) in [5.41, 5.74) is 1.27. The number of nitrogens with zero attached hydrogens (tertiary/aromatic N) is 2. The molecule has 2 aliphatic rings. The van der Waals surface area contributed by atoms with Gasteiger partial charge in [-0.3, -0.25) is 9.59 Å². The molecule has 3 rings (SSSR count). The Morgan fingerprint density at radius 2 is 2.09 bits per heavy atom. The first-order valence-electron chi connectivity index (χ1n) is 7.98. The first-order valence-corrected chi connectivity index (χ1v) is 8.86. The largest absolute Gasteiger partial charge is 0.338 e. The number of hydrogen-bond acceptors (Lipinski definition) is 4. The maximum Gasteiger partial charge on any atom is 0.223 e. The molecular weight excluding hydrogens is 334 g/mol. The molecule has 1 unspecified atom stereocenters. The molecule has 0 spiro atoms. The van der Waals surface area contributed by atoms with Gasteiger partial charge in [-0.2, -0.15) is 0 Å². The van der Waals surface area contributed by atoms with Crippen molar-refractivity contribution < 1.29 is 9.59 Å². The number of fused-ring (bicyclic) bond motifs is 1. The van der Waals surface area contributed by atoms with Crippen LogP contribution in [0.3, 0.4) is 0 Å². The van der Waals surface area contributed by atoms with Crippen LogP contribution in [0.5, 0.6) is 0 Å². The SMILES string of the molecule is CC1CNCCN1C(=O)CCC(=O)N1CCc2sccc2C1.Cl. The Hall–Kier alpha value is -1.11. The zero-order valence-electron chi connectivity index (χ0n) is 13.4. The molecule has 2 aliphatic heterocycles. The van der Waals surface area contributed by atoms with Crippen molar-refractivity contribution in [2.75, 3.05) is 26.2 Å². The Kier molecular flexibility index (Phi) is 6.44. The van der Waals surface area contributed by atoms with E-state index in [1.807, 2.05) is 9.80 Å². The second-order valence-corrected chi connectivity index (χ2v) is 7.08. The van der Waals surface area contributed by atoms with E-state index in [1.165, 1.54) is 10.4 Å². The number of amides is 2. The summed E-state index contributed by atoms with van der Waals surface area (Å²) in [6.07, 6.45) is 1.60. The van der Waals surface area contributed by atoms with Gasteiger partial charge < -0.3 is 15.1 Å². The Morgan fingerprint density at radius 1 is 1.30 bits per heavy atom. The van der Waals surface area contributed by atoms with Crippen molar-refractivity contribution in [3.63, 3.8) is 0 Å². The van der Waals surface area contributed by atoms with Crippen LogP contribution >= 0.6 is 23.7 Å². The smallest absolute Gasteiger partial charge is 0.223 e. The van der Waals surface area contributed by atoms with Crippen LogP contribution in [0.4, 0.5) is 0 Å². The molecule has 0 aliphatic carbocycles. The normalized spacial score (nSPS) is 20.7. The van der Waals surface area contributed by atoms with Gasteiger partial charge in [-0.1, -0.05) is 0 Å². The van der Waals surface area contributed by atoms with Crippen LogP contribution in [0.2, 0.25) is 0 Å². The lowest BCUT2D eigenvalue weighted by molar-refractivity contribution is -0.139. The second-order valence-electron chi connectivity index (χ2n) is 6.07. The Morgan fingerprint density at radius 3 is 2.87 bits per heavy atom. The van der Waals surface area contributed by atoms with Gasteiger partial charge in [0.2, 0.25) is 11.8 Å². The van der Waals surface area contributed by atoms with E-state index in [0.717, 1.165) is 32.6 Å². The van der Waals surface area contributed by atoms with Gasteiger partial charge in [0.25, 0.3) is 0 Å². The summed E-state index contributed by atoms with van der Waals surface area (Å²) in [5.74, 6) is 0.212. The average Bonchev–Trinajstić information content (AvgIpc) is 3.00. The molecule has 1 N–H and O–H groups in total. The second kappa shape index (κ2) is 8.13. The van der Waals surface area contributed by atoms with Crippen molar-refractivity contribution in [3.05, 3.63) is 21.9 Å². The minimum Gasteiger partial charge on any atom is -0.338 e. The van der Waals surface area contributed by atoms with Crippen molar-refractivity contribution in [3.8, 4) is 0 Å². The summed E-state index contributed by atoms with van der Waals surface area (Å²) in [5, 5.41) is 5.37. The van der Waals surface area contributed by atoms with Crippen molar-refractivity contribution in [1.29, 1.82) is 0 Å². The summed E-state index contributed by atoms with van der Waals surface area (Å²) >= 11 is 1.77. The molecule has 3 heterocycles. The molecule has 23 heavy (non-hydrogen) atoms. The lowest BCUT2D eigenvalue weighted by Crippen LogP contribution is -2.52. The molecule has 1 saturated heterocycles. The number of thiophene rings is 1. The van der Waals surface area contributed by atoms with E-state index >= 15 is 0 Å². The van der Waals surface area contributed by atoms with Crippen molar-refractivity contribution in [1.82, 2.24) is 15.1 Å². The number of piperazine rings is 1. The molecule has 0 radical (unpaired) electrons. The highest BCUT2D eigenvalue weighted by Gasteiger charge is 2.25. The molecule has 5 nitrogen and oxygen atoms in total. The summed E-state index contributed by atoms with van der Waals surface area (Å²) in [6.45, 7) is 5.97. The molecule has 2 amide bonds. The molecular formula is C16H24ClN3O2S. The molecule has 0 aromatic carbocycles. The third-order valence-corrected chi connectivity index (χ3v) is 5.56. The Labute approximate surface area is 147 Å². The summed E-state index contributed by atoms with van der Waals surface area (Å²) in [7, 11) is 0. The maximum atomic E-state index is 12.3. The van der Waals surface area contributed by atoms with E-state index in [4.69, 9.17) is 0 Å². The van der Waals surface area contributed by atoms with Gasteiger partial charge in [-0.25, -0.2) is 0 Å². The van der Waals surface area contributed by atoms with Crippen molar-refractivity contribution in [2.24, 2.45) is 0 Å². The molecule has 1 aromatic heterocycles. The van der Waals surface area contributed by atoms with E-state index < -0.39 is 0 Å². The van der Waals surface area contributed by atoms with Gasteiger partial charge in [-0.15, -0.1) is 23.7 Å². The standard InChI is InChI=1S/C16H23N3O2S.ClH/c1-12-10-17-6-8-19(12)16(21)3-2-15(20)18-7-4-14-13(11-18)5-9-22-14;/h5,9,12,17H,2-4,6-8,10-11H2,1H3;1H. The molecule has 7 heteroatoms. The monoisotopic (exact) mass is 357 g/mol. The Balaban J connectivity index is 0.00000192. The van der Waals surface area contributed by atoms with Gasteiger partial charge >= 0.3 is 0 Å². The predicted octanol–water partition coefficient (Wildman–Crippen LogP) is 1.66. The van der Waals surface area contributed by atoms with Crippen LogP contribution in [-0.4, -0.2) is 53.8 Å². The molecule has 0 saturated carbocycles. The number of hydrogen-bond donors (Lipinski definition) is 1. The van der Waals surface area contributed by atoms with Crippen molar-refractivity contribution in [2.45, 2.75) is 38.8 Å². The topological polar surface area (TPSA) is 52.7 Å². The zero-order valence-corrected chi connectivity index (χ0v) is 15.0. The quantitative estimate of drug-likeness (QED) is 0.895. The van der Waals surface area contributed by atoms with Crippen LogP contribution in [-0.2, 0) is 22.6 Å². The molecule has 128 valence electrons. The van der Waals surface area contributed by atoms with Gasteiger partial charge in [0.05, 0.1) is 0 Å². The van der Waals surface area contributed by atoms with Crippen LogP contribution in [0.15, 0.2) is 11.4 Å². The first kappa shape index (κ1) is 18.2. The number of nitrogens with one attached hydrogen (secondary N) is 1. The number of carbonyl (C=O) groups is 2. The minimum atomic E-state index is 0. The fourth-order valence-electron chi connectivity index (χ4n) is 3.19. The van der Waals surface area contributed by atoms with Crippen LogP contribution < -0.4 is 5.32 Å². The highest BCUT2D eigenvalue weighted by atomic mass is 35.5. The Bertz CT molecular complexity index is 563. The molecule has 1 aromatic rings. The highest BCUT2D eigenvalue weighted by Crippen LogP contribution is 2.24. The predicted molar refractivity (Wildman–Crippen MR) is 94.0 cm³/mol. The zero-order chi connectivity index (χ0) is 15.5. The van der Waals surface area contributed by atoms with Gasteiger partial charge in [0, 0.05) is 56.5 Å². The fraction of sp³-hybridized carbons (Fsp3) is 0.625. The maximum absolute atomic E-state index is 12.3. The van der Waals surface area contributed by atoms with E-state index in [2.05, 4.69) is 23.7 Å². The van der Waals surface area contributed by atoms with Crippen LogP contribution in [0, 0.1) is 0 Å². The fourth-order valence-corrected chi connectivity index (χ4v) is 4.08. The minimum absolute atomic E-state index is 0. The van der Waals surface area contributed by atoms with Gasteiger partial charge in [0.15, 0.2) is 0 Å². The van der Waals surface area contributed by atoms with E-state index in [0.29, 0.717) is 19.4 Å². The lowest BCUT2D eigenvalue weighted by Gasteiger charge is -2.34. The highest BCUT2D eigenvalue weighted by molar-refractivity contribution is 7.10. The van der Waals surface area contributed by atoms with E-state index in [9.17, 15) is 9.59 Å². The lowest BCUT2D eigenvalue weighted by atomic mass is 10.1. The molecule has 1 fully saturated rings. The summed E-state index contributed by atoms with van der Waals surface area (Å²) in [4.78, 5) is 29.8. The van der Waals surface area contributed by atoms with Gasteiger partial charge in [-0.05, 0) is 30.4 Å². The number of halogens is 1. The summed E-state index contributed by atoms with van der Waals surface area (Å²) < 4.78 is 0. The number of rotatable bonds is 3. The van der Waals surface area contributed by atoms with Gasteiger partial charge in [0.1, 0.15) is 0 Å². The molecule has 1 atom stereocenters. The van der Waals surface area contributed by atoms with Crippen LogP contribution in [0.1, 0.15) is 30.2 Å². The van der Waals surface area contributed by atoms with Crippen molar-refractivity contribution >= 4 is 35.6 Å². The van der Waals surface area contributed by atoms with Crippen LogP contribution in [0.25, 0.3) is 0 Å². The average molecular weight is 358 g/mol. The third-order valence-electron chi connectivity index (χ3n) is 4.53. The third kappa shape index (κ3) is 4.25. The molecule has 0 bridgehead atoms. The summed E-state index contributed by atoms with van der Waals surface area (Å²) in [6, 6.07) is 2.33. The van der Waals surface area contributed by atoms with E-state index in [-0.39, 0.29) is 30.3 Å².